The van der Waals surface area contributed by atoms with E-state index in [4.69, 9.17) is 16.2 Å². The van der Waals surface area contributed by atoms with Gasteiger partial charge in [0.05, 0.1) is 56.6 Å². The summed E-state index contributed by atoms with van der Waals surface area (Å²) in [6.45, 7) is 4.62. The Bertz CT molecular complexity index is 4830. The number of carboxylic acids is 1. The number of aromatic amines is 2. The van der Waals surface area contributed by atoms with Crippen LogP contribution < -0.4 is 59.3 Å². The number of aromatic nitrogens is 2. The number of likely N-dealkylation sites (N-methyl/N-ethyl adjacent to an activating group) is 2. The highest BCUT2D eigenvalue weighted by atomic mass is 32.2. The summed E-state index contributed by atoms with van der Waals surface area (Å²) < 4.78 is 5.67. The molecule has 0 aliphatic carbocycles. The SMILES string of the molecule is CCCC[C@H]1C(=O)N(C)[C@@H](CCCC)C(=O)N[C@@H](C)C(=O)N[C@H](C(=O)NCC(N)=O)CSCC(=O)N[C@@H](Cc2ccc(O)cc2)C(=O)N2CCOC[C@H]2C(=O)N[C@@H](CC(=O)O)C(=O)N2CCC[C@H]2C(=O)N[C@@H](CN)C(=O)N[C@@H](CC(C)C)C(=O)N2C[C@H](O)C[C@H]2C(=O)N[C@@H](Cc2c[nH]c3ccccc23)C(=O)C[C@@H](CO)C(=O)N[C@@H](Cc2c[nH]c3ccccc23)C(=O)N1C. The molecule has 15 atom stereocenters. The Morgan fingerprint density at radius 1 is 0.602 bits per heavy atom. The number of carboxylic acid groups (broad SMARTS) is 1. The molecule has 15 amide bonds. The number of rotatable bonds is 21. The summed E-state index contributed by atoms with van der Waals surface area (Å²) in [5.74, 6) is -19.3. The summed E-state index contributed by atoms with van der Waals surface area (Å²) >= 11 is 0.775. The van der Waals surface area contributed by atoms with Gasteiger partial charge in [-0.1, -0.05) is 102 Å². The number of primary amides is 1. The lowest BCUT2D eigenvalue weighted by molar-refractivity contribution is -0.153. The summed E-state index contributed by atoms with van der Waals surface area (Å²) in [5.41, 5.74) is 14.3. The number of ketones is 1. The molecule has 4 aliphatic rings. The molecule has 0 saturated carbocycles. The zero-order valence-electron chi connectivity index (χ0n) is 72.9. The van der Waals surface area contributed by atoms with Gasteiger partial charge in [0.25, 0.3) is 0 Å². The minimum atomic E-state index is -1.91. The second-order valence-electron chi connectivity index (χ2n) is 33.3. The number of amides is 15. The van der Waals surface area contributed by atoms with Crippen LogP contribution in [0.3, 0.4) is 0 Å². The number of carbonyl (C=O) groups is 17. The van der Waals surface area contributed by atoms with E-state index in [9.17, 15) is 68.4 Å². The number of phenols is 1. The molecule has 0 spiro atoms. The fourth-order valence-corrected chi connectivity index (χ4v) is 17.2. The fourth-order valence-electron chi connectivity index (χ4n) is 16.4. The van der Waals surface area contributed by atoms with Gasteiger partial charge in [0.2, 0.25) is 88.6 Å². The molecule has 4 aliphatic heterocycles. The molecule has 40 nitrogen and oxygen atoms in total. The van der Waals surface area contributed by atoms with Crippen LogP contribution in [0.1, 0.15) is 128 Å². The van der Waals surface area contributed by atoms with E-state index in [1.165, 1.54) is 45.3 Å². The molecule has 3 aromatic carbocycles. The van der Waals surface area contributed by atoms with Gasteiger partial charge in [-0.25, -0.2) is 0 Å². The van der Waals surface area contributed by atoms with Gasteiger partial charge in [-0.2, -0.15) is 0 Å². The Hall–Kier alpha value is -12.1. The highest BCUT2D eigenvalue weighted by Crippen LogP contribution is 2.29. The highest BCUT2D eigenvalue weighted by Gasteiger charge is 2.47. The number of Topliss-reactive ketones (excluding diaryl/α,β-unsaturated/α-hetero) is 1. The number of hydrogen-bond donors (Lipinski definition) is 17. The smallest absolute Gasteiger partial charge is 0.305 e. The number of aliphatic carboxylic acids is 1. The van der Waals surface area contributed by atoms with Gasteiger partial charge in [0.15, 0.2) is 5.78 Å². The second kappa shape index (κ2) is 47.1. The number of aliphatic hydroxyl groups excluding tert-OH is 2. The molecule has 4 fully saturated rings. The number of nitrogens with one attached hydrogen (secondary N) is 11. The number of nitrogens with zero attached hydrogens (tertiary/aromatic N) is 5. The number of nitrogens with two attached hydrogens (primary N) is 2. The number of carbonyl (C=O) groups excluding carboxylic acids is 16. The van der Waals surface area contributed by atoms with E-state index in [2.05, 4.69) is 57.8 Å². The largest absolute Gasteiger partial charge is 0.508 e. The quantitative estimate of drug-likeness (QED) is 0.0374. The first kappa shape index (κ1) is 99.7. The molecule has 6 heterocycles. The lowest BCUT2D eigenvalue weighted by Crippen LogP contribution is -2.63. The normalized spacial score (nSPS) is 26.1. The maximum atomic E-state index is 15.6. The number of H-pyrrole nitrogens is 2. The first-order valence-electron chi connectivity index (χ1n) is 43.2. The van der Waals surface area contributed by atoms with Gasteiger partial charge in [0.1, 0.15) is 78.3 Å². The molecule has 0 radical (unpaired) electrons. The first-order chi connectivity index (χ1) is 61.0. The predicted octanol–water partition coefficient (Wildman–Crippen LogP) is -2.11. The Morgan fingerprint density at radius 2 is 1.16 bits per heavy atom. The van der Waals surface area contributed by atoms with E-state index >= 15 is 33.6 Å². The van der Waals surface area contributed by atoms with Gasteiger partial charge in [-0.3, -0.25) is 81.5 Å². The third-order valence-electron chi connectivity index (χ3n) is 23.4. The average molecular weight is 1800 g/mol. The lowest BCUT2D eigenvalue weighted by atomic mass is 9.93. The van der Waals surface area contributed by atoms with Crippen molar-refractivity contribution in [3.05, 3.63) is 102 Å². The Balaban J connectivity index is 1.07. The van der Waals surface area contributed by atoms with E-state index in [0.717, 1.165) is 36.3 Å². The van der Waals surface area contributed by atoms with Crippen molar-refractivity contribution in [2.24, 2.45) is 23.3 Å². The number of phenolic OH excluding ortho intramolecular Hbond substituents is 1. The van der Waals surface area contributed by atoms with Crippen LogP contribution in [-0.4, -0.2) is 318 Å². The third-order valence-corrected chi connectivity index (χ3v) is 24.4. The van der Waals surface area contributed by atoms with Crippen LogP contribution in [0.4, 0.5) is 0 Å². The van der Waals surface area contributed by atoms with Crippen molar-refractivity contribution in [3.8, 4) is 5.75 Å². The van der Waals surface area contributed by atoms with Crippen molar-refractivity contribution >= 4 is 134 Å². The van der Waals surface area contributed by atoms with Crippen molar-refractivity contribution in [3.63, 3.8) is 0 Å². The first-order valence-corrected chi connectivity index (χ1v) is 44.4. The Morgan fingerprint density at radius 3 is 1.77 bits per heavy atom. The molecule has 0 unspecified atom stereocenters. The molecule has 0 bridgehead atoms. The summed E-state index contributed by atoms with van der Waals surface area (Å²) in [6.07, 6.45) is 0.844. The molecule has 5 aromatic rings. The third kappa shape index (κ3) is 26.5. The maximum absolute atomic E-state index is 15.6. The predicted molar refractivity (Wildman–Crippen MR) is 467 cm³/mol. The van der Waals surface area contributed by atoms with Gasteiger partial charge in [-0.05, 0) is 85.9 Å². The highest BCUT2D eigenvalue weighted by molar-refractivity contribution is 8.00. The van der Waals surface area contributed by atoms with Crippen LogP contribution >= 0.6 is 11.8 Å². The van der Waals surface area contributed by atoms with Crippen LogP contribution in [-0.2, 0) is 106 Å². The molecular weight excluding hydrogens is 1680 g/mol. The zero-order valence-corrected chi connectivity index (χ0v) is 73.8. The summed E-state index contributed by atoms with van der Waals surface area (Å²) in [6, 6.07) is -0.0537. The van der Waals surface area contributed by atoms with Crippen LogP contribution in [0.15, 0.2) is 85.2 Å². The number of hydrogen-bond acceptors (Lipinski definition) is 23. The van der Waals surface area contributed by atoms with Crippen LogP contribution in [0.5, 0.6) is 5.75 Å². The number of para-hydroxylation sites is 2. The standard InChI is InChI=1S/C87H120N18O22S/c1-8-10-21-66-79(118)93-48(5)75(114)100-65(77(116)92-41-72(89)110)45-128-46-73(111)94-61(32-49-24-26-53(107)27-25-49)84(123)104-29-30-127-44-70(104)82(121)98-63(37-74(112)113)85(124)103-28-16-23-67(103)80(119)99-64(38-88)78(117)97-60(31-47(3)4)86(125)105-42-54(108)36-69(105)81(120)95-59(33-50-39-90-57-19-14-12-17-55(50)57)71(109)35-52(43-106)76(115)96-62(34-51-40-91-58-20-15-13-18-56(51)58)83(122)102(7)68(22-11-9-2)87(126)101(66)6/h12-15,17-20,24-27,39-40,47-48,52,54,59-70,90-91,106-108H,8-11,16,21-23,28-38,41-46,88H2,1-7H3,(H2,89,110)(H,92,116)(H,93,118)(H,94,111)(H,95,120)(H,96,115)(H,97,117)(H,98,121)(H,99,119)(H,100,114)(H,112,113)/t48-,52-,54+,59-,60-,61-,62-,63-,64-,65-,66-,67-,68-,69-,70-/m0/s1. The minimum absolute atomic E-state index is 0.0283. The number of thioether (sulfide) groups is 1. The summed E-state index contributed by atoms with van der Waals surface area (Å²) in [5, 5.41) is 67.8. The van der Waals surface area contributed by atoms with Crippen LogP contribution in [0, 0.1) is 11.8 Å². The van der Waals surface area contributed by atoms with Crippen molar-refractivity contribution in [1.29, 1.82) is 0 Å². The summed E-state index contributed by atoms with van der Waals surface area (Å²) in [4.78, 5) is 259. The van der Waals surface area contributed by atoms with Crippen molar-refractivity contribution in [2.75, 3.05) is 78.1 Å². The topological polar surface area (TPSA) is 588 Å². The zero-order chi connectivity index (χ0) is 93.3. The van der Waals surface area contributed by atoms with E-state index < -0.39 is 248 Å². The van der Waals surface area contributed by atoms with Crippen molar-refractivity contribution in [2.45, 2.75) is 216 Å². The monoisotopic (exact) mass is 1800 g/mol. The average Bonchev–Trinajstić information content (AvgIpc) is 1.78. The molecule has 128 heavy (non-hydrogen) atoms. The number of morpholine rings is 1. The Kier molecular flexibility index (Phi) is 36.7. The van der Waals surface area contributed by atoms with Crippen molar-refractivity contribution < 1.29 is 107 Å². The van der Waals surface area contributed by atoms with Gasteiger partial charge < -0.3 is 119 Å². The van der Waals surface area contributed by atoms with E-state index in [1.807, 2.05) is 13.8 Å². The lowest BCUT2D eigenvalue weighted by Gasteiger charge is -2.37. The number of fused-ring (bicyclic) bond motifs is 5. The van der Waals surface area contributed by atoms with Gasteiger partial charge in [-0.15, -0.1) is 11.8 Å². The molecule has 696 valence electrons. The molecular formula is C87H120N18O22S. The number of unbranched alkanes of at least 4 members (excludes halogenated alkanes) is 2. The minimum Gasteiger partial charge on any atom is -0.508 e. The van der Waals surface area contributed by atoms with E-state index in [1.54, 1.807) is 74.8 Å². The Labute approximate surface area is 744 Å². The molecule has 41 heteroatoms. The van der Waals surface area contributed by atoms with E-state index in [-0.39, 0.29) is 89.2 Å². The van der Waals surface area contributed by atoms with Crippen LogP contribution in [0.25, 0.3) is 21.8 Å². The fraction of sp³-hybridized carbons (Fsp3) is 0.552. The number of aliphatic hydroxyl groups is 2. The molecule has 19 N–H and O–H groups in total. The maximum Gasteiger partial charge on any atom is 0.305 e. The van der Waals surface area contributed by atoms with Crippen LogP contribution in [0.2, 0.25) is 0 Å². The number of benzene rings is 3. The van der Waals surface area contributed by atoms with Gasteiger partial charge >= 0.3 is 5.97 Å². The number of ether oxygens (including phenoxy) is 1. The summed E-state index contributed by atoms with van der Waals surface area (Å²) in [7, 11) is 2.72. The van der Waals surface area contributed by atoms with E-state index in [0.29, 0.717) is 64.2 Å². The molecule has 4 saturated heterocycles. The van der Waals surface area contributed by atoms with Crippen molar-refractivity contribution in [1.82, 2.24) is 82.3 Å². The van der Waals surface area contributed by atoms with Gasteiger partial charge in [0, 0.05) is 112 Å². The number of aromatic hydroxyl groups is 1. The molecule has 2 aromatic heterocycles. The molecule has 9 rings (SSSR count). The second-order valence-corrected chi connectivity index (χ2v) is 34.4.